The number of aromatic nitrogens is 1. The Morgan fingerprint density at radius 2 is 1.81 bits per heavy atom. The fourth-order valence-corrected chi connectivity index (χ4v) is 5.77. The molecule has 0 radical (unpaired) electrons. The summed E-state index contributed by atoms with van der Waals surface area (Å²) in [5.74, 6) is -0.526. The second kappa shape index (κ2) is 12.0. The summed E-state index contributed by atoms with van der Waals surface area (Å²) in [6.45, 7) is 4.03. The number of hydrogen-bond acceptors (Lipinski definition) is 8. The van der Waals surface area contributed by atoms with E-state index in [1.54, 1.807) is 6.07 Å². The Bertz CT molecular complexity index is 1700. The van der Waals surface area contributed by atoms with E-state index in [-0.39, 0.29) is 11.1 Å². The summed E-state index contributed by atoms with van der Waals surface area (Å²) in [4.78, 5) is 4.46. The highest BCUT2D eigenvalue weighted by atomic mass is 35.5. The van der Waals surface area contributed by atoms with E-state index in [4.69, 9.17) is 23.2 Å². The van der Waals surface area contributed by atoms with E-state index in [1.807, 2.05) is 12.1 Å². The summed E-state index contributed by atoms with van der Waals surface area (Å²) < 4.78 is 13.8. The van der Waals surface area contributed by atoms with Crippen LogP contribution >= 0.6 is 23.2 Å². The van der Waals surface area contributed by atoms with Gasteiger partial charge in [-0.3, -0.25) is 9.99 Å². The number of piperidine rings is 1. The minimum Gasteiger partial charge on any atom is -0.373 e. The van der Waals surface area contributed by atoms with Crippen LogP contribution in [0.2, 0.25) is 10.0 Å². The fourth-order valence-electron chi connectivity index (χ4n) is 5.32. The zero-order chi connectivity index (χ0) is 29.2. The minimum atomic E-state index is -0.526. The van der Waals surface area contributed by atoms with Crippen molar-refractivity contribution in [2.45, 2.75) is 31.8 Å². The number of rotatable bonds is 7. The third-order valence-corrected chi connectivity index (χ3v) is 8.15. The number of nitriles is 1. The van der Waals surface area contributed by atoms with Crippen molar-refractivity contribution in [3.8, 4) is 6.07 Å². The van der Waals surface area contributed by atoms with E-state index >= 15 is 0 Å². The molecule has 0 spiro atoms. The Kier molecular flexibility index (Phi) is 8.05. The molecule has 1 fully saturated rings. The van der Waals surface area contributed by atoms with Crippen LogP contribution in [0.5, 0.6) is 0 Å². The van der Waals surface area contributed by atoms with Gasteiger partial charge in [0.1, 0.15) is 11.9 Å². The summed E-state index contributed by atoms with van der Waals surface area (Å²) in [7, 11) is 0. The maximum absolute atomic E-state index is 13.8. The molecule has 8 nitrogen and oxygen atoms in total. The number of benzene rings is 3. The van der Waals surface area contributed by atoms with Gasteiger partial charge in [0.2, 0.25) is 0 Å². The number of aryl methyl sites for hydroxylation is 1. The Morgan fingerprint density at radius 3 is 2.55 bits per heavy atom. The van der Waals surface area contributed by atoms with Gasteiger partial charge in [0.25, 0.3) is 0 Å². The zero-order valence-electron chi connectivity index (χ0n) is 22.8. The van der Waals surface area contributed by atoms with Crippen molar-refractivity contribution in [2.75, 3.05) is 23.7 Å². The van der Waals surface area contributed by atoms with Crippen molar-refractivity contribution >= 4 is 51.2 Å². The second-order valence-electron chi connectivity index (χ2n) is 10.5. The summed E-state index contributed by atoms with van der Waals surface area (Å²) >= 11 is 12.8. The topological polar surface area (TPSA) is 100 Å². The number of fused-ring (bicyclic) bond motifs is 1. The first-order valence-electron chi connectivity index (χ1n) is 13.7. The molecule has 42 heavy (non-hydrogen) atoms. The number of nitrogens with zero attached hydrogens (tertiary/aromatic N) is 3. The van der Waals surface area contributed by atoms with E-state index in [0.29, 0.717) is 38.9 Å². The van der Waals surface area contributed by atoms with Gasteiger partial charge in [-0.05, 0) is 68.8 Å². The number of halogens is 3. The lowest BCUT2D eigenvalue weighted by Crippen LogP contribution is -2.47. The van der Waals surface area contributed by atoms with Crippen LogP contribution in [-0.4, -0.2) is 29.1 Å². The predicted molar refractivity (Wildman–Crippen MR) is 166 cm³/mol. The second-order valence-corrected chi connectivity index (χ2v) is 11.3. The monoisotopic (exact) mass is 602 g/mol. The molecule has 1 unspecified atom stereocenters. The molecule has 0 saturated carbocycles. The van der Waals surface area contributed by atoms with Gasteiger partial charge < -0.3 is 21.4 Å². The summed E-state index contributed by atoms with van der Waals surface area (Å²) in [6, 6.07) is 18.8. The molecule has 214 valence electrons. The number of anilines is 3. The molecule has 1 atom stereocenters. The van der Waals surface area contributed by atoms with E-state index in [0.717, 1.165) is 42.9 Å². The molecular weight excluding hydrogens is 574 g/mol. The SMILES string of the molecule is Cc1ccc(C(Nc2cc(Cl)c3ncc(C#N)c(Nc4ccc(F)c(Cl)c4)c3c2)C2=CN(C3CCNCC3)NN2)cc1. The predicted octanol–water partition coefficient (Wildman–Crippen LogP) is 6.68. The third-order valence-electron chi connectivity index (χ3n) is 7.58. The molecule has 0 aliphatic carbocycles. The van der Waals surface area contributed by atoms with Gasteiger partial charge in [-0.15, -0.1) is 5.53 Å². The van der Waals surface area contributed by atoms with Crippen LogP contribution < -0.4 is 26.9 Å². The fraction of sp³-hybridized carbons (Fsp3) is 0.226. The zero-order valence-corrected chi connectivity index (χ0v) is 24.3. The van der Waals surface area contributed by atoms with Crippen molar-refractivity contribution in [3.63, 3.8) is 0 Å². The van der Waals surface area contributed by atoms with Crippen LogP contribution in [0.3, 0.4) is 0 Å². The van der Waals surface area contributed by atoms with Crippen molar-refractivity contribution in [3.05, 3.63) is 105 Å². The van der Waals surface area contributed by atoms with Crippen LogP contribution in [0.1, 0.15) is 35.6 Å². The largest absolute Gasteiger partial charge is 0.373 e. The highest BCUT2D eigenvalue weighted by molar-refractivity contribution is 6.36. The third kappa shape index (κ3) is 5.80. The van der Waals surface area contributed by atoms with Gasteiger partial charge in [0.05, 0.1) is 38.6 Å². The average Bonchev–Trinajstić information content (AvgIpc) is 3.49. The first-order chi connectivity index (χ1) is 20.4. The molecule has 1 aromatic heterocycles. The quantitative estimate of drug-likeness (QED) is 0.160. The molecule has 0 bridgehead atoms. The highest BCUT2D eigenvalue weighted by Crippen LogP contribution is 2.37. The van der Waals surface area contributed by atoms with Gasteiger partial charge >= 0.3 is 0 Å². The summed E-state index contributed by atoms with van der Waals surface area (Å²) in [6.07, 6.45) is 5.68. The van der Waals surface area contributed by atoms with Crippen LogP contribution in [-0.2, 0) is 0 Å². The molecule has 0 amide bonds. The molecule has 3 aromatic carbocycles. The van der Waals surface area contributed by atoms with Gasteiger partial charge in [-0.25, -0.2) is 4.39 Å². The van der Waals surface area contributed by atoms with Crippen LogP contribution in [0.15, 0.2) is 72.7 Å². The first-order valence-corrected chi connectivity index (χ1v) is 14.4. The number of hydrogen-bond donors (Lipinski definition) is 5. The maximum atomic E-state index is 13.8. The molecule has 3 heterocycles. The van der Waals surface area contributed by atoms with Crippen LogP contribution in [0, 0.1) is 24.1 Å². The molecule has 4 aromatic rings. The lowest BCUT2D eigenvalue weighted by atomic mass is 10.0. The van der Waals surface area contributed by atoms with Crippen molar-refractivity contribution in [2.24, 2.45) is 0 Å². The lowest BCUT2D eigenvalue weighted by Gasteiger charge is -2.30. The minimum absolute atomic E-state index is 0.0253. The van der Waals surface area contributed by atoms with E-state index in [9.17, 15) is 9.65 Å². The van der Waals surface area contributed by atoms with Gasteiger partial charge in [-0.2, -0.15) is 5.26 Å². The molecule has 2 aliphatic heterocycles. The standard InChI is InChI=1S/C31H29Cl2FN8/c1-18-2-4-19(5-3-18)30(28-17-42(41-40-28)23-8-10-36-11-9-23)39-22-12-24-29(38-21-6-7-27(34)25(32)13-21)20(15-35)16-37-31(24)26(33)14-22/h2-7,12-14,16-17,23,30,36,39-41H,8-11H2,1H3,(H,37,38). The van der Waals surface area contributed by atoms with Crippen molar-refractivity contribution < 1.29 is 4.39 Å². The number of nitrogens with one attached hydrogen (secondary N) is 5. The van der Waals surface area contributed by atoms with E-state index < -0.39 is 5.82 Å². The number of pyridine rings is 1. The van der Waals surface area contributed by atoms with Crippen LogP contribution in [0.25, 0.3) is 10.9 Å². The van der Waals surface area contributed by atoms with Gasteiger partial charge in [0.15, 0.2) is 0 Å². The van der Waals surface area contributed by atoms with Crippen molar-refractivity contribution in [1.82, 2.24) is 26.3 Å². The van der Waals surface area contributed by atoms with Gasteiger partial charge in [-0.1, -0.05) is 53.0 Å². The Hall–Kier alpha value is -4.07. The van der Waals surface area contributed by atoms with Gasteiger partial charge in [0, 0.05) is 35.2 Å². The summed E-state index contributed by atoms with van der Waals surface area (Å²) in [5, 5.41) is 23.4. The lowest BCUT2D eigenvalue weighted by molar-refractivity contribution is 0.162. The molecule has 1 saturated heterocycles. The number of hydrazine groups is 2. The Morgan fingerprint density at radius 1 is 1.05 bits per heavy atom. The molecule has 5 N–H and O–H groups in total. The Balaban J connectivity index is 1.39. The molecule has 2 aliphatic rings. The molecular formula is C31H29Cl2FN8. The highest BCUT2D eigenvalue weighted by Gasteiger charge is 2.27. The molecule has 6 rings (SSSR count). The Labute approximate surface area is 253 Å². The normalized spacial score (nSPS) is 16.1. The van der Waals surface area contributed by atoms with Crippen molar-refractivity contribution in [1.29, 1.82) is 5.26 Å². The smallest absolute Gasteiger partial charge is 0.141 e. The van der Waals surface area contributed by atoms with E-state index in [1.165, 1.54) is 23.9 Å². The maximum Gasteiger partial charge on any atom is 0.141 e. The average molecular weight is 604 g/mol. The molecule has 11 heteroatoms. The summed E-state index contributed by atoms with van der Waals surface area (Å²) in [5.41, 5.74) is 12.5. The first kappa shape index (κ1) is 28.1. The van der Waals surface area contributed by atoms with E-state index in [2.05, 4.69) is 80.4 Å². The van der Waals surface area contributed by atoms with Crippen LogP contribution in [0.4, 0.5) is 21.5 Å².